The minimum Gasteiger partial charge on any atom is -0.350 e. The Kier molecular flexibility index (Phi) is 7.40. The standard InChI is InChI=1S/C18H19Cl3N2O3S/c1-3-17(18(24)22-11-12-4-5-14(20)10-16(12)21)23(27(2,25)26)15-8-6-13(19)7-9-15/h4-10,17H,3,11H2,1-2H3,(H,22,24)/t17-/m0/s1. The third kappa shape index (κ3) is 5.75. The van der Waals surface area contributed by atoms with E-state index in [1.165, 1.54) is 0 Å². The van der Waals surface area contributed by atoms with Crippen molar-refractivity contribution < 1.29 is 13.2 Å². The highest BCUT2D eigenvalue weighted by molar-refractivity contribution is 7.92. The Bertz CT molecular complexity index is 918. The van der Waals surface area contributed by atoms with Gasteiger partial charge >= 0.3 is 0 Å². The molecule has 2 aromatic carbocycles. The normalized spacial score (nSPS) is 12.5. The predicted octanol–water partition coefficient (Wildman–Crippen LogP) is 4.51. The summed E-state index contributed by atoms with van der Waals surface area (Å²) < 4.78 is 25.8. The van der Waals surface area contributed by atoms with Crippen LogP contribution in [0.3, 0.4) is 0 Å². The lowest BCUT2D eigenvalue weighted by molar-refractivity contribution is -0.122. The highest BCUT2D eigenvalue weighted by Crippen LogP contribution is 2.25. The zero-order valence-electron chi connectivity index (χ0n) is 14.7. The third-order valence-electron chi connectivity index (χ3n) is 3.88. The van der Waals surface area contributed by atoms with Crippen LogP contribution in [0.25, 0.3) is 0 Å². The zero-order chi connectivity index (χ0) is 20.2. The number of halogens is 3. The summed E-state index contributed by atoms with van der Waals surface area (Å²) in [4.78, 5) is 12.7. The van der Waals surface area contributed by atoms with Gasteiger partial charge in [-0.1, -0.05) is 47.8 Å². The summed E-state index contributed by atoms with van der Waals surface area (Å²) in [6, 6.07) is 10.3. The molecule has 0 heterocycles. The lowest BCUT2D eigenvalue weighted by atomic mass is 10.1. The number of amides is 1. The number of carbonyl (C=O) groups excluding carboxylic acids is 1. The van der Waals surface area contributed by atoms with E-state index >= 15 is 0 Å². The second-order valence-corrected chi connectivity index (χ2v) is 9.05. The molecule has 27 heavy (non-hydrogen) atoms. The van der Waals surface area contributed by atoms with Crippen molar-refractivity contribution in [3.63, 3.8) is 0 Å². The van der Waals surface area contributed by atoms with E-state index in [1.54, 1.807) is 49.4 Å². The van der Waals surface area contributed by atoms with Gasteiger partial charge < -0.3 is 5.32 Å². The molecule has 0 saturated heterocycles. The number of carbonyl (C=O) groups is 1. The monoisotopic (exact) mass is 448 g/mol. The van der Waals surface area contributed by atoms with Crippen molar-refractivity contribution in [2.75, 3.05) is 10.6 Å². The summed E-state index contributed by atoms with van der Waals surface area (Å²) in [7, 11) is -3.70. The lowest BCUT2D eigenvalue weighted by Gasteiger charge is -2.30. The number of sulfonamides is 1. The number of rotatable bonds is 7. The molecule has 0 fully saturated rings. The molecule has 2 aromatic rings. The molecule has 146 valence electrons. The van der Waals surface area contributed by atoms with Gasteiger partial charge in [-0.25, -0.2) is 8.42 Å². The van der Waals surface area contributed by atoms with Crippen LogP contribution in [0.2, 0.25) is 15.1 Å². The number of hydrogen-bond donors (Lipinski definition) is 1. The molecule has 5 nitrogen and oxygen atoms in total. The van der Waals surface area contributed by atoms with Crippen LogP contribution in [0.15, 0.2) is 42.5 Å². The molecule has 0 aliphatic rings. The smallest absolute Gasteiger partial charge is 0.244 e. The van der Waals surface area contributed by atoms with Crippen LogP contribution in [0.4, 0.5) is 5.69 Å². The molecule has 1 atom stereocenters. The van der Waals surface area contributed by atoms with E-state index in [0.29, 0.717) is 26.3 Å². The molecule has 0 spiro atoms. The van der Waals surface area contributed by atoms with Gasteiger partial charge in [0, 0.05) is 21.6 Å². The average molecular weight is 450 g/mol. The lowest BCUT2D eigenvalue weighted by Crippen LogP contribution is -2.49. The van der Waals surface area contributed by atoms with Crippen LogP contribution in [0, 0.1) is 0 Å². The Labute approximate surface area is 174 Å². The van der Waals surface area contributed by atoms with Crippen molar-refractivity contribution >= 4 is 56.4 Å². The molecule has 0 aliphatic carbocycles. The first-order chi connectivity index (χ1) is 12.6. The molecule has 0 saturated carbocycles. The molecular weight excluding hydrogens is 431 g/mol. The number of benzene rings is 2. The molecule has 0 radical (unpaired) electrons. The van der Waals surface area contributed by atoms with E-state index in [4.69, 9.17) is 34.8 Å². The van der Waals surface area contributed by atoms with Gasteiger partial charge in [0.25, 0.3) is 0 Å². The van der Waals surface area contributed by atoms with Crippen molar-refractivity contribution in [1.82, 2.24) is 5.32 Å². The number of nitrogens with one attached hydrogen (secondary N) is 1. The summed E-state index contributed by atoms with van der Waals surface area (Å²) in [5, 5.41) is 4.14. The number of anilines is 1. The maximum Gasteiger partial charge on any atom is 0.244 e. The summed E-state index contributed by atoms with van der Waals surface area (Å²) >= 11 is 17.9. The molecule has 0 aromatic heterocycles. The first-order valence-corrected chi connectivity index (χ1v) is 11.1. The van der Waals surface area contributed by atoms with Gasteiger partial charge in [0.1, 0.15) is 6.04 Å². The van der Waals surface area contributed by atoms with Crippen LogP contribution < -0.4 is 9.62 Å². The van der Waals surface area contributed by atoms with Crippen LogP contribution in [0.5, 0.6) is 0 Å². The molecule has 0 unspecified atom stereocenters. The quantitative estimate of drug-likeness (QED) is 0.676. The second kappa shape index (κ2) is 9.15. The van der Waals surface area contributed by atoms with Gasteiger partial charge in [-0.05, 0) is 48.4 Å². The van der Waals surface area contributed by atoms with E-state index in [9.17, 15) is 13.2 Å². The van der Waals surface area contributed by atoms with Crippen molar-refractivity contribution in [2.45, 2.75) is 25.9 Å². The van der Waals surface area contributed by atoms with E-state index in [1.807, 2.05) is 0 Å². The first-order valence-electron chi connectivity index (χ1n) is 8.10. The summed E-state index contributed by atoms with van der Waals surface area (Å²) in [5.74, 6) is -0.427. The number of hydrogen-bond acceptors (Lipinski definition) is 3. The molecule has 1 N–H and O–H groups in total. The van der Waals surface area contributed by atoms with Gasteiger partial charge in [-0.2, -0.15) is 0 Å². The topological polar surface area (TPSA) is 66.5 Å². The Morgan fingerprint density at radius 3 is 2.19 bits per heavy atom. The summed E-state index contributed by atoms with van der Waals surface area (Å²) in [5.41, 5.74) is 1.05. The molecule has 0 bridgehead atoms. The van der Waals surface area contributed by atoms with Crippen LogP contribution in [-0.4, -0.2) is 26.6 Å². The Hall–Kier alpha value is -1.47. The predicted molar refractivity (Wildman–Crippen MR) is 111 cm³/mol. The van der Waals surface area contributed by atoms with E-state index < -0.39 is 22.0 Å². The average Bonchev–Trinajstić information content (AvgIpc) is 2.58. The Morgan fingerprint density at radius 2 is 1.67 bits per heavy atom. The van der Waals surface area contributed by atoms with Gasteiger partial charge in [0.2, 0.25) is 15.9 Å². The molecule has 1 amide bonds. The minimum atomic E-state index is -3.70. The first kappa shape index (κ1) is 21.8. The number of nitrogens with zero attached hydrogens (tertiary/aromatic N) is 1. The van der Waals surface area contributed by atoms with E-state index in [2.05, 4.69) is 5.32 Å². The minimum absolute atomic E-state index is 0.156. The highest BCUT2D eigenvalue weighted by Gasteiger charge is 2.31. The van der Waals surface area contributed by atoms with Crippen molar-refractivity contribution in [3.8, 4) is 0 Å². The van der Waals surface area contributed by atoms with Crippen LogP contribution >= 0.6 is 34.8 Å². The molecule has 0 aliphatic heterocycles. The van der Waals surface area contributed by atoms with Gasteiger partial charge in [0.05, 0.1) is 11.9 Å². The van der Waals surface area contributed by atoms with Crippen molar-refractivity contribution in [3.05, 3.63) is 63.1 Å². The van der Waals surface area contributed by atoms with Crippen LogP contribution in [-0.2, 0) is 21.4 Å². The maximum atomic E-state index is 12.7. The van der Waals surface area contributed by atoms with Crippen molar-refractivity contribution in [2.24, 2.45) is 0 Å². The SMILES string of the molecule is CC[C@@H](C(=O)NCc1ccc(Cl)cc1Cl)N(c1ccc(Cl)cc1)S(C)(=O)=O. The fourth-order valence-corrected chi connectivity index (χ4v) is 4.43. The highest BCUT2D eigenvalue weighted by atomic mass is 35.5. The fourth-order valence-electron chi connectivity index (χ4n) is 2.61. The largest absolute Gasteiger partial charge is 0.350 e. The van der Waals surface area contributed by atoms with Gasteiger partial charge in [-0.3, -0.25) is 9.10 Å². The summed E-state index contributed by atoms with van der Waals surface area (Å²) in [6.45, 7) is 1.90. The van der Waals surface area contributed by atoms with Crippen LogP contribution in [0.1, 0.15) is 18.9 Å². The van der Waals surface area contributed by atoms with Gasteiger partial charge in [-0.15, -0.1) is 0 Å². The zero-order valence-corrected chi connectivity index (χ0v) is 17.8. The Balaban J connectivity index is 2.25. The Morgan fingerprint density at radius 1 is 1.07 bits per heavy atom. The fraction of sp³-hybridized carbons (Fsp3) is 0.278. The second-order valence-electron chi connectivity index (χ2n) is 5.91. The maximum absolute atomic E-state index is 12.7. The summed E-state index contributed by atoms with van der Waals surface area (Å²) in [6.07, 6.45) is 1.35. The van der Waals surface area contributed by atoms with E-state index in [0.717, 1.165) is 10.6 Å². The van der Waals surface area contributed by atoms with Gasteiger partial charge in [0.15, 0.2) is 0 Å². The molecule has 9 heteroatoms. The van der Waals surface area contributed by atoms with E-state index in [-0.39, 0.29) is 13.0 Å². The molecular formula is C18H19Cl3N2O3S. The van der Waals surface area contributed by atoms with Crippen molar-refractivity contribution in [1.29, 1.82) is 0 Å². The third-order valence-corrected chi connectivity index (χ3v) is 5.90. The molecule has 2 rings (SSSR count).